The van der Waals surface area contributed by atoms with Gasteiger partial charge in [-0.05, 0) is 43.3 Å². The number of allylic oxidation sites excluding steroid dienone is 1. The number of esters is 1. The van der Waals surface area contributed by atoms with Crippen LogP contribution >= 0.6 is 33.3 Å². The van der Waals surface area contributed by atoms with E-state index in [4.69, 9.17) is 4.74 Å². The highest BCUT2D eigenvalue weighted by Crippen LogP contribution is 2.24. The fourth-order valence-corrected chi connectivity index (χ4v) is 6.35. The fourth-order valence-electron chi connectivity index (χ4n) is 3.72. The molecule has 198 valence electrons. The average Bonchev–Trinajstić information content (AvgIpc) is 2.78. The Morgan fingerprint density at radius 2 is 1.89 bits per heavy atom. The maximum atomic E-state index is 13.3. The van der Waals surface area contributed by atoms with Gasteiger partial charge in [-0.2, -0.15) is 11.8 Å². The molecule has 2 heterocycles. The summed E-state index contributed by atoms with van der Waals surface area (Å²) in [5, 5.41) is 19.2. The third-order valence-electron chi connectivity index (χ3n) is 5.49. The van der Waals surface area contributed by atoms with Gasteiger partial charge in [0.2, 0.25) is 17.7 Å². The molecule has 5 atom stereocenters. The molecule has 1 fully saturated rings. The van der Waals surface area contributed by atoms with Gasteiger partial charge in [0.1, 0.15) is 18.2 Å². The van der Waals surface area contributed by atoms with Gasteiger partial charge in [0.15, 0.2) is 0 Å². The Labute approximate surface area is 219 Å². The Morgan fingerprint density at radius 1 is 1.11 bits per heavy atom. The lowest BCUT2D eigenvalue weighted by molar-refractivity contribution is -0.151. The molecule has 2 aliphatic heterocycles. The Bertz CT molecular complexity index is 767. The molecule has 0 unspecified atom stereocenters. The van der Waals surface area contributed by atoms with Crippen molar-refractivity contribution in [3.63, 3.8) is 0 Å². The average molecular weight is 548 g/mol. The molecule has 0 aromatic rings. The van der Waals surface area contributed by atoms with Crippen LogP contribution in [0.3, 0.4) is 0 Å². The molecule has 0 aromatic carbocycles. The van der Waals surface area contributed by atoms with Gasteiger partial charge < -0.3 is 25.8 Å². The van der Waals surface area contributed by atoms with Gasteiger partial charge in [0.05, 0.1) is 25.0 Å². The molecule has 2 rings (SSSR count). The van der Waals surface area contributed by atoms with Crippen molar-refractivity contribution in [3.8, 4) is 0 Å². The lowest BCUT2D eigenvalue weighted by Gasteiger charge is -2.28. The molecule has 0 aromatic heterocycles. The van der Waals surface area contributed by atoms with Crippen molar-refractivity contribution in [1.29, 1.82) is 0 Å². The van der Waals surface area contributed by atoms with Crippen LogP contribution in [0.5, 0.6) is 0 Å². The van der Waals surface area contributed by atoms with Crippen LogP contribution in [-0.2, 0) is 23.9 Å². The van der Waals surface area contributed by atoms with E-state index in [0.29, 0.717) is 30.8 Å². The van der Waals surface area contributed by atoms with Crippen molar-refractivity contribution in [2.45, 2.75) is 76.3 Å². The lowest BCUT2D eigenvalue weighted by Crippen LogP contribution is -2.57. The monoisotopic (exact) mass is 547 g/mol. The zero-order valence-corrected chi connectivity index (χ0v) is 22.9. The summed E-state index contributed by atoms with van der Waals surface area (Å²) in [7, 11) is 3.05. The molecule has 1 saturated heterocycles. The van der Waals surface area contributed by atoms with Crippen molar-refractivity contribution in [1.82, 2.24) is 16.0 Å². The van der Waals surface area contributed by atoms with Crippen molar-refractivity contribution < 1.29 is 29.0 Å². The first-order chi connectivity index (χ1) is 16.7. The highest BCUT2D eigenvalue weighted by atomic mass is 33.1. The summed E-state index contributed by atoms with van der Waals surface area (Å²) in [6, 6.07) is -2.37. The first-order valence-corrected chi connectivity index (χ1v) is 15.8. The Balaban J connectivity index is 2.44. The normalized spacial score (nSPS) is 30.7. The first kappa shape index (κ1) is 29.9. The van der Waals surface area contributed by atoms with E-state index >= 15 is 0 Å². The molecule has 0 spiro atoms. The van der Waals surface area contributed by atoms with Gasteiger partial charge in [-0.15, -0.1) is 0 Å². The van der Waals surface area contributed by atoms with Crippen LogP contribution in [-0.4, -0.2) is 82.6 Å². The molecule has 0 saturated carbocycles. The third-order valence-corrected chi connectivity index (χ3v) is 8.59. The van der Waals surface area contributed by atoms with E-state index in [1.165, 1.54) is 10.8 Å². The number of hydrogen-bond acceptors (Lipinski definition) is 9. The number of ether oxygens (including phenoxy) is 1. The number of aliphatic hydroxyl groups is 1. The molecule has 0 radical (unpaired) electrons. The number of amides is 3. The molecule has 0 aliphatic carbocycles. The van der Waals surface area contributed by atoms with E-state index in [2.05, 4.69) is 16.0 Å². The van der Waals surface area contributed by atoms with Crippen LogP contribution in [0.4, 0.5) is 0 Å². The molecule has 2 bridgehead atoms. The summed E-state index contributed by atoms with van der Waals surface area (Å²) in [6.07, 6.45) is 4.54. The Kier molecular flexibility index (Phi) is 13.4. The predicted octanol–water partition coefficient (Wildman–Crippen LogP) is 1.65. The number of nitrogens with one attached hydrogen (secondary N) is 3. The lowest BCUT2D eigenvalue weighted by atomic mass is 9.97. The standard InChI is InChI=1S/C23H37N3O6S3/c1-14(2)10-17-19(27)12-21(29)32-15-6-4-5-8-34-35-13-18(23(31)25-17)26-22(30)16(7-9-33-3)24-20(28)11-15/h4,6,14-19,27H,5,7-13H2,1-3H3,(H,24,28)(H,25,31)(H,26,30)/b6-4+/t15-,16-,17-,18-,19+/m1/s1. The molecule has 2 aliphatic rings. The first-order valence-electron chi connectivity index (χ1n) is 11.9. The molecular formula is C23H37N3O6S3. The smallest absolute Gasteiger partial charge is 0.309 e. The second-order valence-corrected chi connectivity index (χ2v) is 12.6. The van der Waals surface area contributed by atoms with Crippen molar-refractivity contribution in [3.05, 3.63) is 12.2 Å². The van der Waals surface area contributed by atoms with Crippen molar-refractivity contribution >= 4 is 57.0 Å². The topological polar surface area (TPSA) is 134 Å². The summed E-state index contributed by atoms with van der Waals surface area (Å²) in [6.45, 7) is 3.91. The largest absolute Gasteiger partial charge is 0.457 e. The molecule has 9 nitrogen and oxygen atoms in total. The highest BCUT2D eigenvalue weighted by molar-refractivity contribution is 8.76. The van der Waals surface area contributed by atoms with Crippen LogP contribution in [0.1, 0.15) is 46.0 Å². The van der Waals surface area contributed by atoms with Gasteiger partial charge in [0.25, 0.3) is 0 Å². The summed E-state index contributed by atoms with van der Waals surface area (Å²) in [5.41, 5.74) is 0. The van der Waals surface area contributed by atoms with E-state index in [9.17, 15) is 24.3 Å². The quantitative estimate of drug-likeness (QED) is 0.230. The summed E-state index contributed by atoms with van der Waals surface area (Å²) in [5.74, 6) is -0.0925. The predicted molar refractivity (Wildman–Crippen MR) is 142 cm³/mol. The van der Waals surface area contributed by atoms with Gasteiger partial charge in [-0.1, -0.05) is 41.5 Å². The van der Waals surface area contributed by atoms with Crippen molar-refractivity contribution in [2.24, 2.45) is 5.92 Å². The number of carbonyl (C=O) groups is 4. The second-order valence-electron chi connectivity index (χ2n) is 9.03. The van der Waals surface area contributed by atoms with Crippen LogP contribution in [0.25, 0.3) is 0 Å². The van der Waals surface area contributed by atoms with E-state index < -0.39 is 54.0 Å². The number of carbonyl (C=O) groups excluding carboxylic acids is 4. The fraction of sp³-hybridized carbons (Fsp3) is 0.739. The zero-order valence-electron chi connectivity index (χ0n) is 20.5. The Morgan fingerprint density at radius 3 is 2.60 bits per heavy atom. The van der Waals surface area contributed by atoms with Gasteiger partial charge in [0, 0.05) is 11.5 Å². The third kappa shape index (κ3) is 11.1. The van der Waals surface area contributed by atoms with E-state index in [1.54, 1.807) is 28.6 Å². The van der Waals surface area contributed by atoms with E-state index in [0.717, 1.165) is 5.75 Å². The highest BCUT2D eigenvalue weighted by Gasteiger charge is 2.32. The minimum atomic E-state index is -1.17. The van der Waals surface area contributed by atoms with Crippen LogP contribution < -0.4 is 16.0 Å². The number of hydrogen-bond donors (Lipinski definition) is 4. The molecule has 12 heteroatoms. The SMILES string of the molecule is CSCC[C@H]1NC(=O)C[C@H]2/C=C/CCSSC[C@@H](NC1=O)C(=O)N[C@H](CC(C)C)[C@@H](O)CC(=O)O2. The maximum Gasteiger partial charge on any atom is 0.309 e. The van der Waals surface area contributed by atoms with Gasteiger partial charge in [-0.3, -0.25) is 19.2 Å². The Hall–Kier alpha value is -1.37. The summed E-state index contributed by atoms with van der Waals surface area (Å²) in [4.78, 5) is 51.8. The van der Waals surface area contributed by atoms with E-state index in [1.807, 2.05) is 26.2 Å². The van der Waals surface area contributed by atoms with Crippen molar-refractivity contribution in [2.75, 3.05) is 23.5 Å². The molecule has 35 heavy (non-hydrogen) atoms. The maximum absolute atomic E-state index is 13.3. The number of fused-ring (bicyclic) bond motifs is 7. The zero-order chi connectivity index (χ0) is 25.8. The van der Waals surface area contributed by atoms with Crippen LogP contribution in [0, 0.1) is 5.92 Å². The minimum Gasteiger partial charge on any atom is -0.457 e. The number of thioether (sulfide) groups is 1. The number of rotatable bonds is 5. The van der Waals surface area contributed by atoms with Crippen LogP contribution in [0.2, 0.25) is 0 Å². The minimum absolute atomic E-state index is 0.140. The second kappa shape index (κ2) is 15.7. The summed E-state index contributed by atoms with van der Waals surface area (Å²) < 4.78 is 5.53. The summed E-state index contributed by atoms with van der Waals surface area (Å²) >= 11 is 1.55. The van der Waals surface area contributed by atoms with E-state index in [-0.39, 0.29) is 18.8 Å². The number of aliphatic hydroxyl groups excluding tert-OH is 1. The van der Waals surface area contributed by atoms with Crippen LogP contribution in [0.15, 0.2) is 12.2 Å². The molecular weight excluding hydrogens is 510 g/mol. The van der Waals surface area contributed by atoms with Gasteiger partial charge >= 0.3 is 5.97 Å². The molecule has 4 N–H and O–H groups in total. The molecule has 3 amide bonds. The van der Waals surface area contributed by atoms with Gasteiger partial charge in [-0.25, -0.2) is 0 Å².